The van der Waals surface area contributed by atoms with E-state index >= 15 is 0 Å². The summed E-state index contributed by atoms with van der Waals surface area (Å²) in [5.41, 5.74) is 1.70. The van der Waals surface area contributed by atoms with Gasteiger partial charge < -0.3 is 10.1 Å². The van der Waals surface area contributed by atoms with Crippen molar-refractivity contribution in [3.05, 3.63) is 65.7 Å². The Morgan fingerprint density at radius 1 is 1.13 bits per heavy atom. The van der Waals surface area contributed by atoms with Crippen molar-refractivity contribution in [1.29, 1.82) is 0 Å². The minimum absolute atomic E-state index is 0.0747. The van der Waals surface area contributed by atoms with Gasteiger partial charge in [-0.05, 0) is 60.6 Å². The van der Waals surface area contributed by atoms with Gasteiger partial charge in [-0.3, -0.25) is 14.8 Å². The number of hydrogen-bond acceptors (Lipinski definition) is 7. The number of benzene rings is 2. The number of sulfonamides is 1. The summed E-state index contributed by atoms with van der Waals surface area (Å²) < 4.78 is 32.5. The molecule has 0 spiro atoms. The number of aryl methyl sites for hydroxylation is 1. The number of thiazole rings is 1. The number of anilines is 2. The number of nitrogens with one attached hydrogen (secondary N) is 3. The van der Waals surface area contributed by atoms with Gasteiger partial charge in [0.25, 0.3) is 15.9 Å². The fraction of sp³-hybridized carbons (Fsp3) is 0.150. The molecule has 0 aliphatic heterocycles. The van der Waals surface area contributed by atoms with Crippen molar-refractivity contribution in [1.82, 2.24) is 10.3 Å². The Morgan fingerprint density at radius 3 is 2.45 bits per heavy atom. The Hall–Kier alpha value is -3.02. The van der Waals surface area contributed by atoms with E-state index in [2.05, 4.69) is 27.3 Å². The van der Waals surface area contributed by atoms with Crippen LogP contribution in [0.25, 0.3) is 0 Å². The Labute approximate surface area is 189 Å². The molecule has 8 nitrogen and oxygen atoms in total. The maximum atomic E-state index is 12.3. The average molecular weight is 477 g/mol. The first kappa shape index (κ1) is 22.7. The van der Waals surface area contributed by atoms with Gasteiger partial charge in [-0.15, -0.1) is 11.3 Å². The SMILES string of the molecule is CCc1ccc(OCC(=O)NC(=S)Nc2ccc(S(=O)(=O)Nc3nccs3)cc2)cc1. The zero-order chi connectivity index (χ0) is 22.3. The zero-order valence-corrected chi connectivity index (χ0v) is 18.9. The number of carbonyl (C=O) groups is 1. The van der Waals surface area contributed by atoms with Gasteiger partial charge in [0.1, 0.15) is 5.75 Å². The molecule has 0 aliphatic carbocycles. The van der Waals surface area contributed by atoms with Crippen LogP contribution in [-0.4, -0.2) is 31.0 Å². The summed E-state index contributed by atoms with van der Waals surface area (Å²) in [4.78, 5) is 16.0. The predicted molar refractivity (Wildman–Crippen MR) is 125 cm³/mol. The molecule has 3 rings (SSSR count). The van der Waals surface area contributed by atoms with E-state index in [1.807, 2.05) is 24.3 Å². The number of nitrogens with zero attached hydrogens (tertiary/aromatic N) is 1. The van der Waals surface area contributed by atoms with Crippen molar-refractivity contribution in [3.63, 3.8) is 0 Å². The van der Waals surface area contributed by atoms with Crippen molar-refractivity contribution >= 4 is 55.4 Å². The van der Waals surface area contributed by atoms with Crippen LogP contribution in [0, 0.1) is 0 Å². The zero-order valence-electron chi connectivity index (χ0n) is 16.5. The average Bonchev–Trinajstić information content (AvgIpc) is 3.25. The first-order valence-corrected chi connectivity index (χ1v) is 12.0. The highest BCUT2D eigenvalue weighted by Crippen LogP contribution is 2.19. The number of thiocarbonyl (C=S) groups is 1. The highest BCUT2D eigenvalue weighted by Gasteiger charge is 2.15. The molecule has 162 valence electrons. The maximum absolute atomic E-state index is 12.3. The van der Waals surface area contributed by atoms with Crippen LogP contribution in [0.5, 0.6) is 5.75 Å². The second-order valence-corrected chi connectivity index (χ2v) is 9.24. The summed E-state index contributed by atoms with van der Waals surface area (Å²) >= 11 is 6.31. The van der Waals surface area contributed by atoms with Gasteiger partial charge >= 0.3 is 0 Å². The largest absolute Gasteiger partial charge is 0.484 e. The van der Waals surface area contributed by atoms with Crippen molar-refractivity contribution in [3.8, 4) is 5.75 Å². The molecule has 0 atom stereocenters. The third kappa shape index (κ3) is 6.74. The van der Waals surface area contributed by atoms with Crippen LogP contribution in [-0.2, 0) is 21.2 Å². The van der Waals surface area contributed by atoms with Gasteiger partial charge in [0.05, 0.1) is 4.90 Å². The monoisotopic (exact) mass is 476 g/mol. The smallest absolute Gasteiger partial charge is 0.264 e. The first-order chi connectivity index (χ1) is 14.9. The molecule has 0 aliphatic rings. The molecule has 11 heteroatoms. The molecule has 0 saturated carbocycles. The maximum Gasteiger partial charge on any atom is 0.264 e. The lowest BCUT2D eigenvalue weighted by molar-refractivity contribution is -0.121. The van der Waals surface area contributed by atoms with Gasteiger partial charge in [0.2, 0.25) is 0 Å². The van der Waals surface area contributed by atoms with Crippen LogP contribution in [0.4, 0.5) is 10.8 Å². The summed E-state index contributed by atoms with van der Waals surface area (Å²) in [5.74, 6) is 0.179. The molecule has 0 fully saturated rings. The minimum atomic E-state index is -3.73. The standard InChI is InChI=1S/C20H20N4O4S3/c1-2-14-3-7-16(8-4-14)28-13-18(25)23-19(29)22-15-5-9-17(10-6-15)31(26,27)24-20-21-11-12-30-20/h3-12H,2,13H2,1H3,(H,21,24)(H2,22,23,25,29). The Morgan fingerprint density at radius 2 is 1.84 bits per heavy atom. The lowest BCUT2D eigenvalue weighted by atomic mass is 10.2. The third-order valence-electron chi connectivity index (χ3n) is 4.03. The second kappa shape index (κ2) is 10.3. The first-order valence-electron chi connectivity index (χ1n) is 9.20. The molecule has 3 N–H and O–H groups in total. The number of amides is 1. The van der Waals surface area contributed by atoms with Crippen molar-refractivity contribution in [2.75, 3.05) is 16.6 Å². The third-order valence-corrected chi connectivity index (χ3v) is 6.41. The van der Waals surface area contributed by atoms with Crippen molar-refractivity contribution in [2.45, 2.75) is 18.2 Å². The summed E-state index contributed by atoms with van der Waals surface area (Å²) in [5, 5.41) is 7.38. The van der Waals surface area contributed by atoms with Gasteiger partial charge in [0.15, 0.2) is 16.9 Å². The van der Waals surface area contributed by atoms with E-state index in [9.17, 15) is 13.2 Å². The summed E-state index contributed by atoms with van der Waals surface area (Å²) in [6.45, 7) is 1.87. The van der Waals surface area contributed by atoms with Gasteiger partial charge in [0, 0.05) is 17.3 Å². The molecule has 0 saturated heterocycles. The van der Waals surface area contributed by atoms with Crippen molar-refractivity contribution in [2.24, 2.45) is 0 Å². The molecule has 1 amide bonds. The highest BCUT2D eigenvalue weighted by molar-refractivity contribution is 7.93. The molecule has 1 heterocycles. The molecule has 1 aromatic heterocycles. The van der Waals surface area contributed by atoms with Gasteiger partial charge in [-0.1, -0.05) is 19.1 Å². The number of rotatable bonds is 8. The van der Waals surface area contributed by atoms with Crippen LogP contribution in [0.2, 0.25) is 0 Å². The van der Waals surface area contributed by atoms with Gasteiger partial charge in [-0.25, -0.2) is 13.4 Å². The Balaban J connectivity index is 1.49. The molecule has 0 unspecified atom stereocenters. The Bertz CT molecular complexity index is 1130. The van der Waals surface area contributed by atoms with E-state index < -0.39 is 15.9 Å². The van der Waals surface area contributed by atoms with E-state index in [4.69, 9.17) is 17.0 Å². The van der Waals surface area contributed by atoms with E-state index in [1.54, 1.807) is 17.5 Å². The number of aromatic nitrogens is 1. The fourth-order valence-electron chi connectivity index (χ4n) is 2.46. The highest BCUT2D eigenvalue weighted by atomic mass is 32.2. The summed E-state index contributed by atoms with van der Waals surface area (Å²) in [7, 11) is -3.73. The van der Waals surface area contributed by atoms with Crippen LogP contribution >= 0.6 is 23.6 Å². The molecular formula is C20H20N4O4S3. The predicted octanol–water partition coefficient (Wildman–Crippen LogP) is 3.40. The molecule has 31 heavy (non-hydrogen) atoms. The lowest BCUT2D eigenvalue weighted by Crippen LogP contribution is -2.37. The van der Waals surface area contributed by atoms with Crippen LogP contribution in [0.15, 0.2) is 65.0 Å². The van der Waals surface area contributed by atoms with Crippen molar-refractivity contribution < 1.29 is 17.9 Å². The molecule has 3 aromatic rings. The van der Waals surface area contributed by atoms with Gasteiger partial charge in [-0.2, -0.15) is 0 Å². The number of carbonyl (C=O) groups excluding carboxylic acids is 1. The van der Waals surface area contributed by atoms with E-state index in [0.717, 1.165) is 6.42 Å². The summed E-state index contributed by atoms with van der Waals surface area (Å²) in [6.07, 6.45) is 2.44. The van der Waals surface area contributed by atoms with Crippen LogP contribution < -0.4 is 20.1 Å². The normalized spacial score (nSPS) is 10.9. The number of hydrogen-bond donors (Lipinski definition) is 3. The molecular weight excluding hydrogens is 456 g/mol. The minimum Gasteiger partial charge on any atom is -0.484 e. The fourth-order valence-corrected chi connectivity index (χ4v) is 4.48. The Kier molecular flexibility index (Phi) is 7.55. The van der Waals surface area contributed by atoms with E-state index in [-0.39, 0.29) is 21.7 Å². The van der Waals surface area contributed by atoms with Crippen LogP contribution in [0.1, 0.15) is 12.5 Å². The second-order valence-electron chi connectivity index (χ2n) is 6.26. The lowest BCUT2D eigenvalue weighted by Gasteiger charge is -2.11. The molecule has 2 aromatic carbocycles. The summed E-state index contributed by atoms with van der Waals surface area (Å²) in [6, 6.07) is 13.4. The topological polar surface area (TPSA) is 109 Å². The van der Waals surface area contributed by atoms with Crippen LogP contribution in [0.3, 0.4) is 0 Å². The molecule has 0 radical (unpaired) electrons. The van der Waals surface area contributed by atoms with E-state index in [0.29, 0.717) is 11.4 Å². The molecule has 0 bridgehead atoms. The number of ether oxygens (including phenoxy) is 1. The van der Waals surface area contributed by atoms with E-state index in [1.165, 1.54) is 35.2 Å². The quantitative estimate of drug-likeness (QED) is 0.428.